The minimum atomic E-state index is -0.409. The van der Waals surface area contributed by atoms with Crippen LogP contribution in [0.5, 0.6) is 5.75 Å². The maximum absolute atomic E-state index is 12.9. The Bertz CT molecular complexity index is 484. The molecule has 4 nitrogen and oxygen atoms in total. The summed E-state index contributed by atoms with van der Waals surface area (Å²) in [6.45, 7) is 4.61. The zero-order chi connectivity index (χ0) is 14.5. The van der Waals surface area contributed by atoms with E-state index in [9.17, 15) is 9.18 Å². The van der Waals surface area contributed by atoms with E-state index >= 15 is 0 Å². The van der Waals surface area contributed by atoms with Crippen molar-refractivity contribution in [2.75, 3.05) is 26.2 Å². The Morgan fingerprint density at radius 3 is 3.10 bits per heavy atom. The van der Waals surface area contributed by atoms with Crippen molar-refractivity contribution in [2.24, 2.45) is 0 Å². The molecule has 1 amide bonds. The van der Waals surface area contributed by atoms with Crippen LogP contribution in [0.3, 0.4) is 0 Å². The predicted molar refractivity (Wildman–Crippen MR) is 75.6 cm³/mol. The fraction of sp³-hybridized carbons (Fsp3) is 0.500. The number of benzene rings is 1. The van der Waals surface area contributed by atoms with E-state index in [1.165, 1.54) is 18.2 Å². The van der Waals surface area contributed by atoms with E-state index < -0.39 is 5.82 Å². The number of ether oxygens (including phenoxy) is 1. The quantitative estimate of drug-likeness (QED) is 0.925. The second-order valence-corrected chi connectivity index (χ2v) is 5.22. The Morgan fingerprint density at radius 2 is 2.40 bits per heavy atom. The van der Waals surface area contributed by atoms with Crippen molar-refractivity contribution in [2.45, 2.75) is 19.4 Å². The highest BCUT2D eigenvalue weighted by Crippen LogP contribution is 2.24. The van der Waals surface area contributed by atoms with E-state index in [4.69, 9.17) is 16.3 Å². The molecule has 1 fully saturated rings. The second-order valence-electron chi connectivity index (χ2n) is 4.81. The van der Waals surface area contributed by atoms with Crippen LogP contribution in [-0.4, -0.2) is 43.1 Å². The molecule has 6 heteroatoms. The summed E-state index contributed by atoms with van der Waals surface area (Å²) in [5.41, 5.74) is 0. The number of nitrogens with zero attached hydrogens (tertiary/aromatic N) is 1. The van der Waals surface area contributed by atoms with Gasteiger partial charge in [-0.25, -0.2) is 4.39 Å². The van der Waals surface area contributed by atoms with Crippen LogP contribution in [0.1, 0.15) is 13.3 Å². The normalized spacial score (nSPS) is 18.9. The van der Waals surface area contributed by atoms with Gasteiger partial charge in [-0.05, 0) is 25.1 Å². The standard InChI is InChI=1S/C14H18ClFN2O2/c1-10-9-17-5-6-18(10)14(19)4-7-20-13-3-2-11(16)8-12(13)15/h2-3,8,10,17H,4-7,9H2,1H3/t10-/m0/s1. The maximum atomic E-state index is 12.9. The molecule has 0 unspecified atom stereocenters. The summed E-state index contributed by atoms with van der Waals surface area (Å²) in [5, 5.41) is 3.45. The Hall–Kier alpha value is -1.33. The summed E-state index contributed by atoms with van der Waals surface area (Å²) in [7, 11) is 0. The molecule has 1 N–H and O–H groups in total. The summed E-state index contributed by atoms with van der Waals surface area (Å²) >= 11 is 5.85. The van der Waals surface area contributed by atoms with Gasteiger partial charge in [-0.3, -0.25) is 4.79 Å². The van der Waals surface area contributed by atoms with E-state index in [2.05, 4.69) is 5.32 Å². The number of nitrogens with one attached hydrogen (secondary N) is 1. The number of carbonyl (C=O) groups excluding carboxylic acids is 1. The van der Waals surface area contributed by atoms with Gasteiger partial charge in [-0.1, -0.05) is 11.6 Å². The zero-order valence-electron chi connectivity index (χ0n) is 11.4. The number of halogens is 2. The van der Waals surface area contributed by atoms with Gasteiger partial charge in [0.15, 0.2) is 0 Å². The van der Waals surface area contributed by atoms with Crippen LogP contribution in [0.2, 0.25) is 5.02 Å². The van der Waals surface area contributed by atoms with Crippen molar-refractivity contribution in [1.29, 1.82) is 0 Å². The molecule has 2 rings (SSSR count). The van der Waals surface area contributed by atoms with Crippen molar-refractivity contribution in [1.82, 2.24) is 10.2 Å². The Labute approximate surface area is 122 Å². The molecule has 1 heterocycles. The first-order valence-corrected chi connectivity index (χ1v) is 7.04. The zero-order valence-corrected chi connectivity index (χ0v) is 12.1. The molecular formula is C14H18ClFN2O2. The summed E-state index contributed by atoms with van der Waals surface area (Å²) in [6, 6.07) is 4.14. The molecule has 1 aliphatic rings. The van der Waals surface area contributed by atoms with E-state index in [1.54, 1.807) is 0 Å². The summed E-state index contributed by atoms with van der Waals surface area (Å²) in [5.74, 6) is 0.0551. The molecule has 0 spiro atoms. The molecule has 1 aliphatic heterocycles. The molecule has 1 aromatic carbocycles. The predicted octanol–water partition coefficient (Wildman–Crippen LogP) is 2.07. The molecule has 0 bridgehead atoms. The van der Waals surface area contributed by atoms with Crippen molar-refractivity contribution in [3.63, 3.8) is 0 Å². The topological polar surface area (TPSA) is 41.6 Å². The average Bonchev–Trinajstić information content (AvgIpc) is 2.41. The maximum Gasteiger partial charge on any atom is 0.226 e. The molecule has 1 saturated heterocycles. The van der Waals surface area contributed by atoms with Crippen LogP contribution in [0.15, 0.2) is 18.2 Å². The first-order chi connectivity index (χ1) is 9.58. The minimum Gasteiger partial charge on any atom is -0.491 e. The lowest BCUT2D eigenvalue weighted by Crippen LogP contribution is -2.52. The molecule has 110 valence electrons. The largest absolute Gasteiger partial charge is 0.491 e. The smallest absolute Gasteiger partial charge is 0.226 e. The van der Waals surface area contributed by atoms with Crippen molar-refractivity contribution in [3.05, 3.63) is 29.0 Å². The number of hydrogen-bond acceptors (Lipinski definition) is 3. The van der Waals surface area contributed by atoms with Gasteiger partial charge in [0.1, 0.15) is 11.6 Å². The van der Waals surface area contributed by atoms with Gasteiger partial charge < -0.3 is 15.0 Å². The summed E-state index contributed by atoms with van der Waals surface area (Å²) < 4.78 is 18.3. The van der Waals surface area contributed by atoms with Gasteiger partial charge in [-0.15, -0.1) is 0 Å². The number of rotatable bonds is 4. The monoisotopic (exact) mass is 300 g/mol. The van der Waals surface area contributed by atoms with Crippen LogP contribution in [-0.2, 0) is 4.79 Å². The molecule has 1 atom stereocenters. The molecule has 0 aliphatic carbocycles. The van der Waals surface area contributed by atoms with Crippen LogP contribution < -0.4 is 10.1 Å². The second kappa shape index (κ2) is 6.90. The Balaban J connectivity index is 1.81. The first-order valence-electron chi connectivity index (χ1n) is 6.66. The molecule has 0 saturated carbocycles. The SMILES string of the molecule is C[C@H]1CNCCN1C(=O)CCOc1ccc(F)cc1Cl. The molecular weight excluding hydrogens is 283 g/mol. The molecule has 20 heavy (non-hydrogen) atoms. The lowest BCUT2D eigenvalue weighted by Gasteiger charge is -2.34. The van der Waals surface area contributed by atoms with E-state index in [1.807, 2.05) is 11.8 Å². The summed E-state index contributed by atoms with van der Waals surface area (Å²) in [6.07, 6.45) is 0.290. The first kappa shape index (κ1) is 15.1. The van der Waals surface area contributed by atoms with Crippen LogP contribution in [0, 0.1) is 5.82 Å². The third-order valence-electron chi connectivity index (χ3n) is 3.29. The number of hydrogen-bond donors (Lipinski definition) is 1. The van der Waals surface area contributed by atoms with Gasteiger partial charge in [0, 0.05) is 25.7 Å². The molecule has 0 radical (unpaired) electrons. The van der Waals surface area contributed by atoms with Crippen LogP contribution in [0.4, 0.5) is 4.39 Å². The van der Waals surface area contributed by atoms with Gasteiger partial charge in [0.2, 0.25) is 5.91 Å². The number of carbonyl (C=O) groups is 1. The average molecular weight is 301 g/mol. The van der Waals surface area contributed by atoms with E-state index in [0.717, 1.165) is 19.6 Å². The summed E-state index contributed by atoms with van der Waals surface area (Å²) in [4.78, 5) is 13.9. The van der Waals surface area contributed by atoms with Gasteiger partial charge in [-0.2, -0.15) is 0 Å². The fourth-order valence-corrected chi connectivity index (χ4v) is 2.42. The van der Waals surface area contributed by atoms with Gasteiger partial charge in [0.25, 0.3) is 0 Å². The minimum absolute atomic E-state index is 0.0669. The fourth-order valence-electron chi connectivity index (χ4n) is 2.20. The third kappa shape index (κ3) is 3.84. The third-order valence-corrected chi connectivity index (χ3v) is 3.58. The number of amides is 1. The highest BCUT2D eigenvalue weighted by atomic mass is 35.5. The van der Waals surface area contributed by atoms with Crippen LogP contribution in [0.25, 0.3) is 0 Å². The molecule has 1 aromatic rings. The van der Waals surface area contributed by atoms with Crippen molar-refractivity contribution in [3.8, 4) is 5.75 Å². The van der Waals surface area contributed by atoms with Crippen LogP contribution >= 0.6 is 11.6 Å². The van der Waals surface area contributed by atoms with Gasteiger partial charge in [0.05, 0.1) is 18.1 Å². The lowest BCUT2D eigenvalue weighted by molar-refractivity contribution is -0.134. The molecule has 0 aromatic heterocycles. The Morgan fingerprint density at radius 1 is 1.60 bits per heavy atom. The highest BCUT2D eigenvalue weighted by molar-refractivity contribution is 6.32. The van der Waals surface area contributed by atoms with Crippen molar-refractivity contribution < 1.29 is 13.9 Å². The lowest BCUT2D eigenvalue weighted by atomic mass is 10.2. The Kier molecular flexibility index (Phi) is 5.20. The highest BCUT2D eigenvalue weighted by Gasteiger charge is 2.22. The van der Waals surface area contributed by atoms with E-state index in [-0.39, 0.29) is 30.0 Å². The van der Waals surface area contributed by atoms with Gasteiger partial charge >= 0.3 is 0 Å². The van der Waals surface area contributed by atoms with Crippen molar-refractivity contribution >= 4 is 17.5 Å². The van der Waals surface area contributed by atoms with E-state index in [0.29, 0.717) is 5.75 Å². The number of piperazine rings is 1.